The standard InChI is InChI=1S/C18H27ClN4O3.2ClH/c1-18(2)12-23(7-8-26-18)15(13-3-5-14(19)6-4-13)10-21-17(25)11-22-16(24)9-20;;/h3-6,15H,7-12,20H2,1-2H3,(H,21,25)(H,22,24);2*1H. The lowest BCUT2D eigenvalue weighted by atomic mass is 10.0. The Balaban J connectivity index is 0.00000364. The number of amides is 2. The predicted molar refractivity (Wildman–Crippen MR) is 115 cm³/mol. The molecular formula is C18H29Cl3N4O3. The molecule has 1 aliphatic rings. The summed E-state index contributed by atoms with van der Waals surface area (Å²) in [4.78, 5) is 25.5. The second kappa shape index (κ2) is 12.5. The van der Waals surface area contributed by atoms with Crippen LogP contribution in [0.5, 0.6) is 0 Å². The normalized spacial score (nSPS) is 16.9. The fourth-order valence-electron chi connectivity index (χ4n) is 2.99. The molecule has 0 radical (unpaired) electrons. The van der Waals surface area contributed by atoms with Crippen molar-refractivity contribution in [3.05, 3.63) is 34.9 Å². The zero-order valence-electron chi connectivity index (χ0n) is 16.1. The maximum absolute atomic E-state index is 12.0. The lowest BCUT2D eigenvalue weighted by Crippen LogP contribution is -2.52. The first-order chi connectivity index (χ1) is 12.3. The summed E-state index contributed by atoms with van der Waals surface area (Å²) in [5.41, 5.74) is 6.04. The van der Waals surface area contributed by atoms with Crippen molar-refractivity contribution in [2.24, 2.45) is 5.73 Å². The van der Waals surface area contributed by atoms with Crippen LogP contribution in [0.15, 0.2) is 24.3 Å². The van der Waals surface area contributed by atoms with Crippen molar-refractivity contribution in [1.82, 2.24) is 15.5 Å². The van der Waals surface area contributed by atoms with Gasteiger partial charge in [0.15, 0.2) is 0 Å². The van der Waals surface area contributed by atoms with Gasteiger partial charge in [0.1, 0.15) is 0 Å². The number of benzene rings is 1. The molecule has 2 rings (SSSR count). The summed E-state index contributed by atoms with van der Waals surface area (Å²) in [6, 6.07) is 7.62. The van der Waals surface area contributed by atoms with E-state index in [1.54, 1.807) is 0 Å². The fourth-order valence-corrected chi connectivity index (χ4v) is 3.11. The van der Waals surface area contributed by atoms with Gasteiger partial charge >= 0.3 is 0 Å². The highest BCUT2D eigenvalue weighted by Crippen LogP contribution is 2.27. The number of carbonyl (C=O) groups is 2. The highest BCUT2D eigenvalue weighted by molar-refractivity contribution is 6.30. The van der Waals surface area contributed by atoms with Gasteiger partial charge in [-0.15, -0.1) is 24.8 Å². The van der Waals surface area contributed by atoms with Crippen molar-refractivity contribution < 1.29 is 14.3 Å². The van der Waals surface area contributed by atoms with Crippen molar-refractivity contribution in [2.45, 2.75) is 25.5 Å². The van der Waals surface area contributed by atoms with E-state index in [0.29, 0.717) is 18.2 Å². The minimum absolute atomic E-state index is 0. The van der Waals surface area contributed by atoms with Crippen LogP contribution >= 0.6 is 36.4 Å². The quantitative estimate of drug-likeness (QED) is 0.579. The van der Waals surface area contributed by atoms with Crippen molar-refractivity contribution in [1.29, 1.82) is 0 Å². The molecule has 1 unspecified atom stereocenters. The number of carbonyl (C=O) groups excluding carboxylic acids is 2. The van der Waals surface area contributed by atoms with Crippen LogP contribution in [-0.2, 0) is 14.3 Å². The van der Waals surface area contributed by atoms with Crippen LogP contribution in [0.1, 0.15) is 25.5 Å². The predicted octanol–water partition coefficient (Wildman–Crippen LogP) is 1.53. The zero-order chi connectivity index (χ0) is 19.2. The van der Waals surface area contributed by atoms with Crippen LogP contribution in [0, 0.1) is 0 Å². The monoisotopic (exact) mass is 454 g/mol. The first-order valence-electron chi connectivity index (χ1n) is 8.67. The summed E-state index contributed by atoms with van der Waals surface area (Å²) in [7, 11) is 0. The van der Waals surface area contributed by atoms with E-state index < -0.39 is 0 Å². The van der Waals surface area contributed by atoms with E-state index in [-0.39, 0.29) is 61.4 Å². The smallest absolute Gasteiger partial charge is 0.239 e. The molecule has 0 saturated carbocycles. The molecule has 1 fully saturated rings. The number of halogens is 3. The van der Waals surface area contributed by atoms with Gasteiger partial charge in [0.2, 0.25) is 11.8 Å². The molecule has 4 N–H and O–H groups in total. The topological polar surface area (TPSA) is 96.7 Å². The van der Waals surface area contributed by atoms with Crippen LogP contribution in [0.3, 0.4) is 0 Å². The number of hydrogen-bond donors (Lipinski definition) is 3. The average molecular weight is 456 g/mol. The molecule has 0 spiro atoms. The van der Waals surface area contributed by atoms with Gasteiger partial charge in [0.25, 0.3) is 0 Å². The molecule has 0 bridgehead atoms. The minimum Gasteiger partial charge on any atom is -0.373 e. The van der Waals surface area contributed by atoms with Gasteiger partial charge < -0.3 is 21.1 Å². The molecule has 160 valence electrons. The Morgan fingerprint density at radius 2 is 1.86 bits per heavy atom. The van der Waals surface area contributed by atoms with E-state index in [4.69, 9.17) is 22.1 Å². The number of nitrogens with two attached hydrogens (primary N) is 1. The maximum Gasteiger partial charge on any atom is 0.239 e. The Hall–Kier alpha value is -1.09. The van der Waals surface area contributed by atoms with E-state index in [1.807, 2.05) is 24.3 Å². The molecule has 0 aliphatic carbocycles. The minimum atomic E-state index is -0.357. The van der Waals surface area contributed by atoms with Crippen LogP contribution < -0.4 is 16.4 Å². The molecule has 1 aromatic rings. The number of ether oxygens (including phenoxy) is 1. The number of nitrogens with zero attached hydrogens (tertiary/aromatic N) is 1. The van der Waals surface area contributed by atoms with Crippen molar-refractivity contribution in [3.63, 3.8) is 0 Å². The molecule has 2 amide bonds. The average Bonchev–Trinajstić information content (AvgIpc) is 2.60. The first-order valence-corrected chi connectivity index (χ1v) is 9.05. The lowest BCUT2D eigenvalue weighted by Gasteiger charge is -2.42. The lowest BCUT2D eigenvalue weighted by molar-refractivity contribution is -0.125. The third-order valence-electron chi connectivity index (χ3n) is 4.27. The Morgan fingerprint density at radius 1 is 1.21 bits per heavy atom. The van der Waals surface area contributed by atoms with Crippen molar-refractivity contribution >= 4 is 48.2 Å². The summed E-state index contributed by atoms with van der Waals surface area (Å²) >= 11 is 6.01. The summed E-state index contributed by atoms with van der Waals surface area (Å²) in [5, 5.41) is 6.03. The molecular weight excluding hydrogens is 427 g/mol. The van der Waals surface area contributed by atoms with Gasteiger partial charge in [-0.05, 0) is 31.5 Å². The Labute approximate surface area is 183 Å². The SMILES string of the molecule is CC1(C)CN(C(CNC(=O)CNC(=O)CN)c2ccc(Cl)cc2)CCO1.Cl.Cl. The van der Waals surface area contributed by atoms with E-state index in [0.717, 1.165) is 18.7 Å². The molecule has 10 heteroatoms. The second-order valence-electron chi connectivity index (χ2n) is 6.93. The van der Waals surface area contributed by atoms with E-state index in [9.17, 15) is 9.59 Å². The summed E-state index contributed by atoms with van der Waals surface area (Å²) in [6.07, 6.45) is 0. The van der Waals surface area contributed by atoms with E-state index in [2.05, 4.69) is 29.4 Å². The van der Waals surface area contributed by atoms with Gasteiger partial charge in [-0.25, -0.2) is 0 Å². The van der Waals surface area contributed by atoms with Gasteiger partial charge in [-0.3, -0.25) is 14.5 Å². The van der Waals surface area contributed by atoms with Gasteiger partial charge in [-0.1, -0.05) is 23.7 Å². The summed E-state index contributed by atoms with van der Waals surface area (Å²) < 4.78 is 5.79. The molecule has 1 aromatic carbocycles. The largest absolute Gasteiger partial charge is 0.373 e. The molecule has 28 heavy (non-hydrogen) atoms. The van der Waals surface area contributed by atoms with Gasteiger partial charge in [0, 0.05) is 24.7 Å². The molecule has 1 saturated heterocycles. The van der Waals surface area contributed by atoms with Crippen LogP contribution in [0.4, 0.5) is 0 Å². The Kier molecular flexibility index (Phi) is 12.0. The Morgan fingerprint density at radius 3 is 2.43 bits per heavy atom. The summed E-state index contributed by atoms with van der Waals surface area (Å²) in [6.45, 7) is 6.47. The second-order valence-corrected chi connectivity index (χ2v) is 7.37. The van der Waals surface area contributed by atoms with Crippen LogP contribution in [0.2, 0.25) is 5.02 Å². The van der Waals surface area contributed by atoms with E-state index >= 15 is 0 Å². The highest BCUT2D eigenvalue weighted by Gasteiger charge is 2.32. The Bertz CT molecular complexity index is 629. The van der Waals surface area contributed by atoms with Crippen molar-refractivity contribution in [3.8, 4) is 0 Å². The van der Waals surface area contributed by atoms with Gasteiger partial charge in [-0.2, -0.15) is 0 Å². The number of hydrogen-bond acceptors (Lipinski definition) is 5. The molecule has 7 nitrogen and oxygen atoms in total. The molecule has 1 aliphatic heterocycles. The fraction of sp³-hybridized carbons (Fsp3) is 0.556. The van der Waals surface area contributed by atoms with Crippen LogP contribution in [-0.4, -0.2) is 61.6 Å². The number of rotatable bonds is 7. The number of morpholine rings is 1. The van der Waals surface area contributed by atoms with Crippen molar-refractivity contribution in [2.75, 3.05) is 39.3 Å². The number of nitrogens with one attached hydrogen (secondary N) is 2. The molecule has 0 aromatic heterocycles. The van der Waals surface area contributed by atoms with E-state index in [1.165, 1.54) is 0 Å². The molecule has 1 heterocycles. The molecule has 1 atom stereocenters. The first kappa shape index (κ1) is 26.9. The third kappa shape index (κ3) is 8.51. The highest BCUT2D eigenvalue weighted by atomic mass is 35.5. The van der Waals surface area contributed by atoms with Gasteiger partial charge in [0.05, 0.1) is 31.3 Å². The zero-order valence-corrected chi connectivity index (χ0v) is 18.5. The third-order valence-corrected chi connectivity index (χ3v) is 4.53. The summed E-state index contributed by atoms with van der Waals surface area (Å²) in [5.74, 6) is -0.609. The van der Waals surface area contributed by atoms with Crippen LogP contribution in [0.25, 0.3) is 0 Å². The maximum atomic E-state index is 12.0.